The number of anilines is 1. The van der Waals surface area contributed by atoms with Gasteiger partial charge in [0.25, 0.3) is 0 Å². The summed E-state index contributed by atoms with van der Waals surface area (Å²) in [5.74, 6) is 3.37. The maximum atomic E-state index is 11.1. The Hall–Kier alpha value is -5.17. The molecular formula is C32H27N5O4. The summed E-state index contributed by atoms with van der Waals surface area (Å²) < 4.78 is 12.6. The Morgan fingerprint density at radius 1 is 0.976 bits per heavy atom. The highest BCUT2D eigenvalue weighted by atomic mass is 16.6. The second kappa shape index (κ2) is 10.1. The number of benzene rings is 3. The van der Waals surface area contributed by atoms with E-state index in [1.54, 1.807) is 7.11 Å². The summed E-state index contributed by atoms with van der Waals surface area (Å²) in [6.07, 6.45) is 5.79. The van der Waals surface area contributed by atoms with Gasteiger partial charge in [0, 0.05) is 0 Å². The van der Waals surface area contributed by atoms with Crippen molar-refractivity contribution in [1.82, 2.24) is 19.5 Å². The van der Waals surface area contributed by atoms with E-state index in [0.717, 1.165) is 22.4 Å². The van der Waals surface area contributed by atoms with Gasteiger partial charge in [0.2, 0.25) is 11.8 Å². The van der Waals surface area contributed by atoms with Crippen molar-refractivity contribution in [2.75, 3.05) is 12.4 Å². The number of methoxy groups -OCH3 is 1. The fourth-order valence-electron chi connectivity index (χ4n) is 5.32. The maximum Gasteiger partial charge on any atom is 0.221 e. The quantitative estimate of drug-likeness (QED) is 0.208. The van der Waals surface area contributed by atoms with Gasteiger partial charge < -0.3 is 25.0 Å². The predicted molar refractivity (Wildman–Crippen MR) is 154 cm³/mol. The third kappa shape index (κ3) is 4.09. The number of fused-ring (bicyclic) bond motifs is 1. The molecule has 9 heteroatoms. The smallest absolute Gasteiger partial charge is 0.221 e. The first-order chi connectivity index (χ1) is 19.9. The second-order valence-corrected chi connectivity index (χ2v) is 9.69. The van der Waals surface area contributed by atoms with Gasteiger partial charge in [-0.1, -0.05) is 85.3 Å². The van der Waals surface area contributed by atoms with E-state index in [-0.39, 0.29) is 5.76 Å². The van der Waals surface area contributed by atoms with Gasteiger partial charge >= 0.3 is 0 Å². The summed E-state index contributed by atoms with van der Waals surface area (Å²) in [5.41, 5.74) is 0.630. The molecular weight excluding hydrogens is 518 g/mol. The van der Waals surface area contributed by atoms with Crippen molar-refractivity contribution in [2.45, 2.75) is 23.5 Å². The molecule has 1 aliphatic heterocycles. The Morgan fingerprint density at radius 3 is 2.17 bits per heavy atom. The van der Waals surface area contributed by atoms with Gasteiger partial charge in [-0.05, 0) is 28.8 Å². The van der Waals surface area contributed by atoms with Crippen LogP contribution in [0.2, 0.25) is 0 Å². The van der Waals surface area contributed by atoms with Crippen LogP contribution in [0.1, 0.15) is 22.9 Å². The molecule has 0 amide bonds. The van der Waals surface area contributed by atoms with Crippen LogP contribution in [-0.4, -0.2) is 48.5 Å². The standard InChI is InChI=1S/C32H27N5O4/c1-4-31(39)27(38)21(2)41-30(31)37-20-35-26-28(33-19-34-29(26)37)36-32(22-11-7-5-8-12-22,23-13-9-6-10-14-23)24-15-17-25(40-3)18-16-24/h1,5-20,27,30,38-39H,2H2,3H3,(H,33,34,36)/t27-,30-,31-/m1/s1. The SMILES string of the molecule is C#C[C@@]1(O)[C@H](O)C(=C)O[C@H]1n1cnc2c(NC(c3ccccc3)(c3ccccc3)c3ccc(OC)cc3)ncnc21. The monoisotopic (exact) mass is 545 g/mol. The zero-order valence-electron chi connectivity index (χ0n) is 22.2. The Morgan fingerprint density at radius 2 is 1.59 bits per heavy atom. The van der Waals surface area contributed by atoms with Crippen molar-refractivity contribution in [2.24, 2.45) is 0 Å². The van der Waals surface area contributed by atoms with E-state index in [1.807, 2.05) is 84.9 Å². The lowest BCUT2D eigenvalue weighted by Crippen LogP contribution is -2.43. The van der Waals surface area contributed by atoms with Crippen LogP contribution in [-0.2, 0) is 10.3 Å². The van der Waals surface area contributed by atoms with Gasteiger partial charge in [0.15, 0.2) is 23.1 Å². The second-order valence-electron chi connectivity index (χ2n) is 9.69. The normalized spacial score (nSPS) is 20.4. The van der Waals surface area contributed by atoms with Gasteiger partial charge in [0.1, 0.15) is 29.7 Å². The van der Waals surface area contributed by atoms with Crippen molar-refractivity contribution in [1.29, 1.82) is 0 Å². The Labute approximate surface area is 236 Å². The van der Waals surface area contributed by atoms with Gasteiger partial charge in [-0.15, -0.1) is 6.42 Å². The number of nitrogens with one attached hydrogen (secondary N) is 1. The molecule has 9 nitrogen and oxygen atoms in total. The molecule has 1 saturated heterocycles. The number of ether oxygens (including phenoxy) is 2. The first-order valence-electron chi connectivity index (χ1n) is 12.9. The fraction of sp³-hybridized carbons (Fsp3) is 0.156. The lowest BCUT2D eigenvalue weighted by atomic mass is 9.77. The Balaban J connectivity index is 1.55. The fourth-order valence-corrected chi connectivity index (χ4v) is 5.32. The lowest BCUT2D eigenvalue weighted by molar-refractivity contribution is -0.0630. The number of hydrogen-bond acceptors (Lipinski definition) is 8. The van der Waals surface area contributed by atoms with Gasteiger partial charge in [-0.25, -0.2) is 15.0 Å². The van der Waals surface area contributed by atoms with Gasteiger partial charge in [0.05, 0.1) is 7.11 Å². The van der Waals surface area contributed by atoms with Crippen LogP contribution in [0.4, 0.5) is 5.82 Å². The van der Waals surface area contributed by atoms with Crippen molar-refractivity contribution in [3.63, 3.8) is 0 Å². The minimum absolute atomic E-state index is 0.0450. The first kappa shape index (κ1) is 26.1. The van der Waals surface area contributed by atoms with Gasteiger partial charge in [-0.2, -0.15) is 0 Å². The predicted octanol–water partition coefficient (Wildman–Crippen LogP) is 4.01. The highest BCUT2D eigenvalue weighted by Gasteiger charge is 2.54. The molecule has 3 atom stereocenters. The topological polar surface area (TPSA) is 115 Å². The third-order valence-corrected chi connectivity index (χ3v) is 7.45. The van der Waals surface area contributed by atoms with E-state index < -0.39 is 23.5 Å². The average molecular weight is 546 g/mol. The number of terminal acetylenes is 1. The molecule has 0 aliphatic carbocycles. The molecule has 6 rings (SSSR count). The molecule has 204 valence electrons. The van der Waals surface area contributed by atoms with Crippen LogP contribution in [0.25, 0.3) is 11.2 Å². The van der Waals surface area contributed by atoms with Crippen LogP contribution >= 0.6 is 0 Å². The summed E-state index contributed by atoms with van der Waals surface area (Å²) in [4.78, 5) is 13.6. The Bertz CT molecular complexity index is 1710. The summed E-state index contributed by atoms with van der Waals surface area (Å²) >= 11 is 0. The summed E-state index contributed by atoms with van der Waals surface area (Å²) in [5, 5.41) is 25.3. The van der Waals surface area contributed by atoms with E-state index in [2.05, 4.69) is 32.8 Å². The van der Waals surface area contributed by atoms with Crippen LogP contribution in [0.5, 0.6) is 5.75 Å². The molecule has 3 aromatic carbocycles. The minimum Gasteiger partial charge on any atom is -0.497 e. The van der Waals surface area contributed by atoms with E-state index in [9.17, 15) is 10.2 Å². The maximum absolute atomic E-state index is 11.1. The van der Waals surface area contributed by atoms with Gasteiger partial charge in [-0.3, -0.25) is 4.57 Å². The van der Waals surface area contributed by atoms with E-state index in [0.29, 0.717) is 17.0 Å². The summed E-state index contributed by atoms with van der Waals surface area (Å²) in [6.45, 7) is 3.68. The number of nitrogens with zero attached hydrogens (tertiary/aromatic N) is 4. The minimum atomic E-state index is -2.07. The Kier molecular flexibility index (Phi) is 6.42. The summed E-state index contributed by atoms with van der Waals surface area (Å²) in [7, 11) is 1.63. The van der Waals surface area contributed by atoms with Crippen molar-refractivity contribution >= 4 is 17.0 Å². The van der Waals surface area contributed by atoms with Crippen molar-refractivity contribution in [3.8, 4) is 18.1 Å². The third-order valence-electron chi connectivity index (χ3n) is 7.45. The molecule has 2 aromatic heterocycles. The number of imidazole rings is 1. The molecule has 0 spiro atoms. The van der Waals surface area contributed by atoms with Crippen LogP contribution in [0, 0.1) is 12.3 Å². The zero-order chi connectivity index (χ0) is 28.6. The zero-order valence-corrected chi connectivity index (χ0v) is 22.2. The number of aliphatic hydroxyl groups is 2. The molecule has 3 N–H and O–H groups in total. The number of hydrogen-bond donors (Lipinski definition) is 3. The highest BCUT2D eigenvalue weighted by molar-refractivity contribution is 5.84. The van der Waals surface area contributed by atoms with E-state index in [1.165, 1.54) is 17.2 Å². The first-order valence-corrected chi connectivity index (χ1v) is 12.9. The van der Waals surface area contributed by atoms with Crippen LogP contribution in [0.15, 0.2) is 110 Å². The number of rotatable bonds is 7. The highest BCUT2D eigenvalue weighted by Crippen LogP contribution is 2.43. The average Bonchev–Trinajstić information content (AvgIpc) is 3.56. The molecule has 3 heterocycles. The molecule has 5 aromatic rings. The molecule has 41 heavy (non-hydrogen) atoms. The number of aromatic nitrogens is 4. The van der Waals surface area contributed by atoms with E-state index >= 15 is 0 Å². The summed E-state index contributed by atoms with van der Waals surface area (Å²) in [6, 6.07) is 27.9. The lowest BCUT2D eigenvalue weighted by Gasteiger charge is -2.37. The van der Waals surface area contributed by atoms with Crippen LogP contribution in [0.3, 0.4) is 0 Å². The van der Waals surface area contributed by atoms with Crippen molar-refractivity contribution < 1.29 is 19.7 Å². The number of aliphatic hydroxyl groups excluding tert-OH is 1. The van der Waals surface area contributed by atoms with Crippen LogP contribution < -0.4 is 10.1 Å². The van der Waals surface area contributed by atoms with Crippen molar-refractivity contribution in [3.05, 3.63) is 127 Å². The molecule has 1 fully saturated rings. The molecule has 1 aliphatic rings. The largest absolute Gasteiger partial charge is 0.497 e. The molecule has 0 radical (unpaired) electrons. The molecule has 0 saturated carbocycles. The molecule has 0 unspecified atom stereocenters. The molecule has 0 bridgehead atoms. The van der Waals surface area contributed by atoms with E-state index in [4.69, 9.17) is 15.9 Å².